The molecule has 12 heteroatoms. The van der Waals surface area contributed by atoms with Crippen LogP contribution < -0.4 is 9.64 Å². The van der Waals surface area contributed by atoms with Gasteiger partial charge in [0.15, 0.2) is 11.3 Å². The van der Waals surface area contributed by atoms with Crippen LogP contribution in [0.25, 0.3) is 22.7 Å². The van der Waals surface area contributed by atoms with Crippen LogP contribution in [-0.2, 0) is 18.0 Å². The van der Waals surface area contributed by atoms with Gasteiger partial charge in [-0.2, -0.15) is 13.2 Å². The number of benzene rings is 1. The third-order valence-corrected chi connectivity index (χ3v) is 6.06. The first kappa shape index (κ1) is 25.5. The number of aryl methyl sites for hydroxylation is 2. The van der Waals surface area contributed by atoms with E-state index in [1.54, 1.807) is 36.7 Å². The monoisotopic (exact) mass is 506 g/mol. The Bertz CT molecular complexity index is 1310. The second-order valence-corrected chi connectivity index (χ2v) is 9.89. The molecule has 3 heterocycles. The van der Waals surface area contributed by atoms with E-state index in [4.69, 9.17) is 9.47 Å². The first-order chi connectivity index (χ1) is 16.7. The lowest BCUT2D eigenvalue weighted by Crippen LogP contribution is -2.60. The molecule has 36 heavy (non-hydrogen) atoms. The predicted octanol–water partition coefficient (Wildman–Crippen LogP) is 4.42. The van der Waals surface area contributed by atoms with E-state index in [9.17, 15) is 18.0 Å². The zero-order valence-corrected chi connectivity index (χ0v) is 21.3. The Kier molecular flexibility index (Phi) is 6.26. The fourth-order valence-corrected chi connectivity index (χ4v) is 4.06. The molecule has 0 radical (unpaired) electrons. The minimum atomic E-state index is -4.49. The molecule has 0 aliphatic carbocycles. The molecule has 9 nitrogen and oxygen atoms in total. The van der Waals surface area contributed by atoms with Crippen molar-refractivity contribution in [1.82, 2.24) is 24.4 Å². The van der Waals surface area contributed by atoms with Crippen LogP contribution in [0.1, 0.15) is 31.9 Å². The van der Waals surface area contributed by atoms with Gasteiger partial charge in [-0.15, -0.1) is 0 Å². The second kappa shape index (κ2) is 8.82. The number of imidazole rings is 1. The van der Waals surface area contributed by atoms with E-state index in [1.165, 1.54) is 7.11 Å². The molecule has 4 rings (SSSR count). The number of likely N-dealkylation sites (N-methyl/N-ethyl adjacent to an activating group) is 1. The molecule has 1 amide bonds. The Morgan fingerprint density at radius 3 is 2.42 bits per heavy atom. The van der Waals surface area contributed by atoms with Crippen molar-refractivity contribution in [3.8, 4) is 17.1 Å². The van der Waals surface area contributed by atoms with Crippen LogP contribution in [-0.4, -0.2) is 69.4 Å². The fraction of sp³-hybridized carbons (Fsp3) is 0.500. The van der Waals surface area contributed by atoms with Crippen LogP contribution in [0, 0.1) is 6.92 Å². The lowest BCUT2D eigenvalue weighted by atomic mass is 10.0. The Balaban J connectivity index is 1.59. The minimum Gasteiger partial charge on any atom is -0.496 e. The molecule has 1 aromatic carbocycles. The first-order valence-electron chi connectivity index (χ1n) is 11.4. The van der Waals surface area contributed by atoms with Crippen LogP contribution >= 0.6 is 0 Å². The summed E-state index contributed by atoms with van der Waals surface area (Å²) in [7, 11) is 4.76. The zero-order chi connectivity index (χ0) is 26.6. The van der Waals surface area contributed by atoms with E-state index in [0.29, 0.717) is 47.2 Å². The standard InChI is InChI=1S/C24H29F3N6O3/c1-13-8-14(24(25,26)27)9-16(35-7)18(13)20-30-19-21(32(20)6)28-10-17(29-19)33-11-15(12-33)31(5)22(34)36-23(2,3)4/h8-10,15H,11-12H2,1-7H3. The third kappa shape index (κ3) is 4.76. The summed E-state index contributed by atoms with van der Waals surface area (Å²) in [5, 5.41) is 0. The smallest absolute Gasteiger partial charge is 0.416 e. The lowest BCUT2D eigenvalue weighted by Gasteiger charge is -2.44. The summed E-state index contributed by atoms with van der Waals surface area (Å²) >= 11 is 0. The van der Waals surface area contributed by atoms with Crippen molar-refractivity contribution in [2.75, 3.05) is 32.1 Å². The van der Waals surface area contributed by atoms with Gasteiger partial charge < -0.3 is 23.8 Å². The van der Waals surface area contributed by atoms with E-state index < -0.39 is 17.3 Å². The van der Waals surface area contributed by atoms with Crippen molar-refractivity contribution in [2.24, 2.45) is 7.05 Å². The summed E-state index contributed by atoms with van der Waals surface area (Å²) in [5.41, 5.74) is 0.291. The van der Waals surface area contributed by atoms with Gasteiger partial charge in [0.25, 0.3) is 0 Å². The summed E-state index contributed by atoms with van der Waals surface area (Å²) in [4.78, 5) is 29.6. The summed E-state index contributed by atoms with van der Waals surface area (Å²) in [6.07, 6.45) is -3.26. The van der Waals surface area contributed by atoms with Crippen molar-refractivity contribution in [2.45, 2.75) is 45.5 Å². The zero-order valence-electron chi connectivity index (χ0n) is 21.3. The average Bonchev–Trinajstić information content (AvgIpc) is 3.05. The quantitative estimate of drug-likeness (QED) is 0.518. The molecule has 0 saturated carbocycles. The number of methoxy groups -OCH3 is 1. The van der Waals surface area contributed by atoms with Gasteiger partial charge in [-0.1, -0.05) is 0 Å². The maximum Gasteiger partial charge on any atom is 0.416 e. The van der Waals surface area contributed by atoms with Gasteiger partial charge in [0.2, 0.25) is 0 Å². The van der Waals surface area contributed by atoms with E-state index in [2.05, 4.69) is 15.0 Å². The average molecular weight is 507 g/mol. The second-order valence-electron chi connectivity index (χ2n) is 9.89. The Morgan fingerprint density at radius 2 is 1.83 bits per heavy atom. The number of ether oxygens (including phenoxy) is 2. The number of rotatable bonds is 4. The minimum absolute atomic E-state index is 0.0318. The Morgan fingerprint density at radius 1 is 1.17 bits per heavy atom. The van der Waals surface area contributed by atoms with E-state index in [1.807, 2.05) is 25.7 Å². The lowest BCUT2D eigenvalue weighted by molar-refractivity contribution is -0.137. The van der Waals surface area contributed by atoms with E-state index in [-0.39, 0.29) is 17.9 Å². The molecule has 1 aliphatic rings. The van der Waals surface area contributed by atoms with Crippen LogP contribution in [0.5, 0.6) is 5.75 Å². The summed E-state index contributed by atoms with van der Waals surface area (Å²) < 4.78 is 52.3. The Hall–Kier alpha value is -3.57. The largest absolute Gasteiger partial charge is 0.496 e. The van der Waals surface area contributed by atoms with Gasteiger partial charge in [-0.25, -0.2) is 19.7 Å². The molecule has 2 aromatic heterocycles. The van der Waals surface area contributed by atoms with Crippen molar-refractivity contribution >= 4 is 23.2 Å². The van der Waals surface area contributed by atoms with Gasteiger partial charge in [0, 0.05) is 27.2 Å². The van der Waals surface area contributed by atoms with Crippen molar-refractivity contribution in [1.29, 1.82) is 0 Å². The van der Waals surface area contributed by atoms with Gasteiger partial charge in [-0.3, -0.25) is 0 Å². The van der Waals surface area contributed by atoms with Gasteiger partial charge in [0.05, 0.1) is 30.5 Å². The molecular weight excluding hydrogens is 477 g/mol. The van der Waals surface area contributed by atoms with Gasteiger partial charge >= 0.3 is 12.3 Å². The highest BCUT2D eigenvalue weighted by Gasteiger charge is 2.36. The summed E-state index contributed by atoms with van der Waals surface area (Å²) in [6, 6.07) is 2.01. The van der Waals surface area contributed by atoms with E-state index in [0.717, 1.165) is 12.1 Å². The van der Waals surface area contributed by atoms with Crippen molar-refractivity contribution in [3.63, 3.8) is 0 Å². The maximum absolute atomic E-state index is 13.3. The highest BCUT2D eigenvalue weighted by Crippen LogP contribution is 2.39. The van der Waals surface area contributed by atoms with Crippen LogP contribution in [0.4, 0.5) is 23.8 Å². The number of hydrogen-bond donors (Lipinski definition) is 0. The molecule has 0 N–H and O–H groups in total. The topological polar surface area (TPSA) is 85.6 Å². The van der Waals surface area contributed by atoms with Gasteiger partial charge in [-0.05, 0) is 45.4 Å². The molecule has 0 bridgehead atoms. The van der Waals surface area contributed by atoms with E-state index >= 15 is 0 Å². The molecule has 3 aromatic rings. The highest BCUT2D eigenvalue weighted by atomic mass is 19.4. The number of nitrogens with zero attached hydrogens (tertiary/aromatic N) is 6. The summed E-state index contributed by atoms with van der Waals surface area (Å²) in [5.74, 6) is 1.06. The molecule has 0 spiro atoms. The maximum atomic E-state index is 13.3. The van der Waals surface area contributed by atoms with Crippen LogP contribution in [0.2, 0.25) is 0 Å². The number of carbonyl (C=O) groups is 1. The van der Waals surface area contributed by atoms with Crippen molar-refractivity contribution in [3.05, 3.63) is 29.5 Å². The number of anilines is 1. The van der Waals surface area contributed by atoms with Gasteiger partial charge in [0.1, 0.15) is 23.0 Å². The number of hydrogen-bond acceptors (Lipinski definition) is 7. The number of carbonyl (C=O) groups excluding carboxylic acids is 1. The molecule has 1 saturated heterocycles. The molecule has 0 unspecified atom stereocenters. The number of aromatic nitrogens is 4. The number of fused-ring (bicyclic) bond motifs is 1. The normalized spacial score (nSPS) is 14.7. The third-order valence-electron chi connectivity index (χ3n) is 6.06. The first-order valence-corrected chi connectivity index (χ1v) is 11.4. The number of halogens is 3. The molecule has 0 atom stereocenters. The highest BCUT2D eigenvalue weighted by molar-refractivity contribution is 5.79. The number of alkyl halides is 3. The molecule has 194 valence electrons. The van der Waals surface area contributed by atoms with Crippen LogP contribution in [0.3, 0.4) is 0 Å². The molecule has 1 aliphatic heterocycles. The summed E-state index contributed by atoms with van der Waals surface area (Å²) in [6.45, 7) is 8.15. The van der Waals surface area contributed by atoms with Crippen LogP contribution in [0.15, 0.2) is 18.3 Å². The SMILES string of the molecule is COc1cc(C(F)(F)F)cc(C)c1-c1nc2nc(N3CC(N(C)C(=O)OC(C)(C)C)C3)cnc2n1C. The Labute approximate surface area is 206 Å². The fourth-order valence-electron chi connectivity index (χ4n) is 4.06. The molecular formula is C24H29F3N6O3. The predicted molar refractivity (Wildman–Crippen MR) is 128 cm³/mol. The molecule has 1 fully saturated rings. The van der Waals surface area contributed by atoms with Crippen molar-refractivity contribution < 1.29 is 27.4 Å². The number of amides is 1.